The van der Waals surface area contributed by atoms with Crippen LogP contribution in [0.25, 0.3) is 0 Å². The molecule has 1 saturated carbocycles. The minimum absolute atomic E-state index is 0.841. The minimum Gasteiger partial charge on any atom is -0.0692 e. The minimum atomic E-state index is 0.841. The largest absolute Gasteiger partial charge is 0.0692 e. The highest BCUT2D eigenvalue weighted by Crippen LogP contribution is 2.65. The molecule has 0 aliphatic heterocycles. The second kappa shape index (κ2) is 1.12. The molecular formula is C9H12. The lowest BCUT2D eigenvalue weighted by Crippen LogP contribution is -2.43. The first-order chi connectivity index (χ1) is 4.41. The first kappa shape index (κ1) is 4.54. The molecule has 0 amide bonds. The topological polar surface area (TPSA) is 0 Å². The molecular weight excluding hydrogens is 108 g/mol. The van der Waals surface area contributed by atoms with Crippen LogP contribution in [0.4, 0.5) is 0 Å². The fraction of sp³-hybridized carbons (Fsp3) is 0.778. The average Bonchev–Trinajstić information content (AvgIpc) is 1.71. The quantitative estimate of drug-likeness (QED) is 0.431. The molecule has 0 aromatic carbocycles. The van der Waals surface area contributed by atoms with E-state index in [0.29, 0.717) is 0 Å². The highest BCUT2D eigenvalue weighted by molar-refractivity contribution is 5.43. The highest BCUT2D eigenvalue weighted by Gasteiger charge is 2.51. The number of allylic oxidation sites excluding steroid dienone is 2. The maximum Gasteiger partial charge on any atom is -0.00481 e. The van der Waals surface area contributed by atoms with Gasteiger partial charge >= 0.3 is 0 Å². The number of fused-ring (bicyclic) bond motifs is 1. The van der Waals surface area contributed by atoms with Crippen molar-refractivity contribution in [3.63, 3.8) is 0 Å². The number of hydrogen-bond donors (Lipinski definition) is 0. The molecule has 0 heteroatoms. The van der Waals surface area contributed by atoms with Crippen LogP contribution in [0.2, 0.25) is 0 Å². The van der Waals surface area contributed by atoms with Gasteiger partial charge in [-0.25, -0.2) is 0 Å². The van der Waals surface area contributed by atoms with Gasteiger partial charge in [0.1, 0.15) is 0 Å². The summed E-state index contributed by atoms with van der Waals surface area (Å²) in [5.41, 5.74) is 4.58. The molecule has 0 aromatic heterocycles. The summed E-state index contributed by atoms with van der Waals surface area (Å²) in [5, 5.41) is 0. The molecule has 0 unspecified atom stereocenters. The van der Waals surface area contributed by atoms with E-state index in [1.807, 2.05) is 11.1 Å². The van der Waals surface area contributed by atoms with E-state index in [9.17, 15) is 0 Å². The van der Waals surface area contributed by atoms with Crippen LogP contribution in [-0.2, 0) is 0 Å². The summed E-state index contributed by atoms with van der Waals surface area (Å²) in [7, 11) is 0. The number of rotatable bonds is 0. The van der Waals surface area contributed by atoms with Crippen molar-refractivity contribution in [3.8, 4) is 0 Å². The van der Waals surface area contributed by atoms with Crippen molar-refractivity contribution >= 4 is 0 Å². The van der Waals surface area contributed by atoms with E-state index in [1.54, 1.807) is 0 Å². The molecule has 0 nitrogen and oxygen atoms in total. The number of hydrogen-bond acceptors (Lipinski definition) is 0. The van der Waals surface area contributed by atoms with Gasteiger partial charge in [-0.3, -0.25) is 0 Å². The normalized spacial score (nSPS) is 34.7. The molecule has 0 saturated heterocycles. The van der Waals surface area contributed by atoms with E-state index in [-0.39, 0.29) is 0 Å². The third-order valence-electron chi connectivity index (χ3n) is 3.61. The molecule has 1 spiro atoms. The zero-order chi connectivity index (χ0) is 5.90. The standard InChI is InChI=1S/C9H12/c1-4-9(5-1)6-7-2-3-8(7)9/h1-6H2. The first-order valence-electron chi connectivity index (χ1n) is 4.12. The summed E-state index contributed by atoms with van der Waals surface area (Å²) in [6, 6.07) is 0. The Kier molecular flexibility index (Phi) is 0.564. The van der Waals surface area contributed by atoms with Crippen molar-refractivity contribution in [2.24, 2.45) is 5.41 Å². The summed E-state index contributed by atoms with van der Waals surface area (Å²) in [5.74, 6) is 0. The fourth-order valence-electron chi connectivity index (χ4n) is 2.75. The zero-order valence-corrected chi connectivity index (χ0v) is 5.74. The van der Waals surface area contributed by atoms with Crippen molar-refractivity contribution in [3.05, 3.63) is 11.1 Å². The lowest BCUT2D eigenvalue weighted by molar-refractivity contribution is 0.121. The van der Waals surface area contributed by atoms with Gasteiger partial charge in [-0.1, -0.05) is 17.6 Å². The smallest absolute Gasteiger partial charge is 0.00481 e. The van der Waals surface area contributed by atoms with Crippen molar-refractivity contribution in [2.45, 2.75) is 38.5 Å². The van der Waals surface area contributed by atoms with Crippen LogP contribution in [0, 0.1) is 5.41 Å². The summed E-state index contributed by atoms with van der Waals surface area (Å²) >= 11 is 0. The fourth-order valence-corrected chi connectivity index (χ4v) is 2.75. The molecule has 0 heterocycles. The van der Waals surface area contributed by atoms with Crippen molar-refractivity contribution in [2.75, 3.05) is 0 Å². The van der Waals surface area contributed by atoms with E-state index in [0.717, 1.165) is 5.41 Å². The molecule has 0 radical (unpaired) electrons. The van der Waals surface area contributed by atoms with Gasteiger partial charge in [0.05, 0.1) is 0 Å². The van der Waals surface area contributed by atoms with E-state index in [4.69, 9.17) is 0 Å². The second-order valence-corrected chi connectivity index (χ2v) is 3.89. The predicted octanol–water partition coefficient (Wildman–Crippen LogP) is 2.65. The summed E-state index contributed by atoms with van der Waals surface area (Å²) in [4.78, 5) is 0. The molecule has 0 atom stereocenters. The Bertz CT molecular complexity index is 194. The van der Waals surface area contributed by atoms with E-state index in [1.165, 1.54) is 38.5 Å². The van der Waals surface area contributed by atoms with Gasteiger partial charge in [-0.15, -0.1) is 0 Å². The Morgan fingerprint density at radius 1 is 1.11 bits per heavy atom. The average molecular weight is 120 g/mol. The summed E-state index contributed by atoms with van der Waals surface area (Å²) < 4.78 is 0. The van der Waals surface area contributed by atoms with Gasteiger partial charge in [0.15, 0.2) is 0 Å². The molecule has 48 valence electrons. The van der Waals surface area contributed by atoms with Gasteiger partial charge in [-0.05, 0) is 37.5 Å². The molecule has 0 bridgehead atoms. The molecule has 0 aromatic rings. The Morgan fingerprint density at radius 3 is 2.11 bits per heavy atom. The first-order valence-corrected chi connectivity index (χ1v) is 4.12. The van der Waals surface area contributed by atoms with E-state index < -0.39 is 0 Å². The van der Waals surface area contributed by atoms with Crippen LogP contribution in [0.3, 0.4) is 0 Å². The maximum absolute atomic E-state index is 1.90. The molecule has 9 heavy (non-hydrogen) atoms. The molecule has 3 aliphatic carbocycles. The lowest BCUT2D eigenvalue weighted by Gasteiger charge is -2.57. The van der Waals surface area contributed by atoms with Crippen LogP contribution in [-0.4, -0.2) is 0 Å². The monoisotopic (exact) mass is 120 g/mol. The SMILES string of the molecule is C1CC2(C1)CC1=C2CC1. The van der Waals surface area contributed by atoms with Crippen LogP contribution in [0.5, 0.6) is 0 Å². The van der Waals surface area contributed by atoms with Crippen LogP contribution in [0.15, 0.2) is 11.1 Å². The van der Waals surface area contributed by atoms with Gasteiger partial charge in [0, 0.05) is 0 Å². The Labute approximate surface area is 56.0 Å². The van der Waals surface area contributed by atoms with Crippen LogP contribution >= 0.6 is 0 Å². The lowest BCUT2D eigenvalue weighted by atomic mass is 9.47. The zero-order valence-electron chi connectivity index (χ0n) is 5.74. The molecule has 3 rings (SSSR count). The molecule has 0 N–H and O–H groups in total. The second-order valence-electron chi connectivity index (χ2n) is 3.89. The summed E-state index contributed by atoms with van der Waals surface area (Å²) in [6.45, 7) is 0. The van der Waals surface area contributed by atoms with Crippen LogP contribution in [0.1, 0.15) is 38.5 Å². The van der Waals surface area contributed by atoms with Crippen molar-refractivity contribution in [1.82, 2.24) is 0 Å². The van der Waals surface area contributed by atoms with E-state index >= 15 is 0 Å². The predicted molar refractivity (Wildman–Crippen MR) is 37.2 cm³/mol. The van der Waals surface area contributed by atoms with Crippen LogP contribution < -0.4 is 0 Å². The van der Waals surface area contributed by atoms with Gasteiger partial charge in [-0.2, -0.15) is 0 Å². The molecule has 1 fully saturated rings. The third-order valence-corrected chi connectivity index (χ3v) is 3.61. The highest BCUT2D eigenvalue weighted by atomic mass is 14.6. The van der Waals surface area contributed by atoms with Crippen molar-refractivity contribution in [1.29, 1.82) is 0 Å². The summed E-state index contributed by atoms with van der Waals surface area (Å²) in [6.07, 6.45) is 9.00. The maximum atomic E-state index is 1.90. The van der Waals surface area contributed by atoms with Gasteiger partial charge in [0.25, 0.3) is 0 Å². The van der Waals surface area contributed by atoms with Crippen molar-refractivity contribution < 1.29 is 0 Å². The molecule has 3 aliphatic rings. The Morgan fingerprint density at radius 2 is 2.00 bits per heavy atom. The third kappa shape index (κ3) is 0.331. The van der Waals surface area contributed by atoms with Gasteiger partial charge < -0.3 is 0 Å². The van der Waals surface area contributed by atoms with Gasteiger partial charge in [0.2, 0.25) is 0 Å². The Balaban J connectivity index is 1.99. The van der Waals surface area contributed by atoms with E-state index in [2.05, 4.69) is 0 Å². The Hall–Kier alpha value is -0.260.